The highest BCUT2D eigenvalue weighted by molar-refractivity contribution is 6.30. The molecule has 1 atom stereocenters. The first-order chi connectivity index (χ1) is 13.5. The number of carbonyl (C=O) groups is 3. The van der Waals surface area contributed by atoms with Crippen LogP contribution in [0, 0.1) is 0 Å². The first kappa shape index (κ1) is 19.9. The van der Waals surface area contributed by atoms with E-state index in [4.69, 9.17) is 16.3 Å². The van der Waals surface area contributed by atoms with Crippen molar-refractivity contribution < 1.29 is 19.1 Å². The third-order valence-electron chi connectivity index (χ3n) is 4.53. The fraction of sp³-hybridized carbons (Fsp3) is 0.286. The first-order valence-corrected chi connectivity index (χ1v) is 9.46. The highest BCUT2D eigenvalue weighted by atomic mass is 35.5. The van der Waals surface area contributed by atoms with Gasteiger partial charge in [0.05, 0.1) is 6.42 Å². The third kappa shape index (κ3) is 4.70. The van der Waals surface area contributed by atoms with Crippen LogP contribution >= 0.6 is 11.6 Å². The molecule has 0 saturated carbocycles. The maximum Gasteiger partial charge on any atom is 0.308 e. The number of halogens is 1. The summed E-state index contributed by atoms with van der Waals surface area (Å²) >= 11 is 5.79. The average molecular weight is 401 g/mol. The predicted octanol–water partition coefficient (Wildman–Crippen LogP) is 2.98. The van der Waals surface area contributed by atoms with E-state index in [0.29, 0.717) is 17.1 Å². The SMILES string of the molecule is C[C@H](OC(=O)CCNC(=O)c1ccc(Cl)cc1)C(=O)N1CCc2ccccc21. The molecule has 0 spiro atoms. The quantitative estimate of drug-likeness (QED) is 0.756. The fourth-order valence-corrected chi connectivity index (χ4v) is 3.20. The largest absolute Gasteiger partial charge is 0.452 e. The second-order valence-corrected chi connectivity index (χ2v) is 6.95. The minimum atomic E-state index is -0.884. The van der Waals surface area contributed by atoms with Crippen molar-refractivity contribution in [1.82, 2.24) is 5.32 Å². The van der Waals surface area contributed by atoms with Crippen LogP contribution in [0.25, 0.3) is 0 Å². The standard InChI is InChI=1S/C21H21ClN2O4/c1-14(21(27)24-13-11-15-4-2-3-5-18(15)24)28-19(25)10-12-23-20(26)16-6-8-17(22)9-7-16/h2-9,14H,10-13H2,1H3,(H,23,26)/t14-/m0/s1. The van der Waals surface area contributed by atoms with Gasteiger partial charge in [-0.1, -0.05) is 29.8 Å². The van der Waals surface area contributed by atoms with Crippen LogP contribution in [0.2, 0.25) is 5.02 Å². The van der Waals surface area contributed by atoms with E-state index < -0.39 is 12.1 Å². The lowest BCUT2D eigenvalue weighted by atomic mass is 10.2. The van der Waals surface area contributed by atoms with E-state index in [1.54, 1.807) is 36.1 Å². The van der Waals surface area contributed by atoms with Crippen LogP contribution in [0.4, 0.5) is 5.69 Å². The number of rotatable bonds is 6. The van der Waals surface area contributed by atoms with Crippen LogP contribution in [-0.2, 0) is 20.7 Å². The van der Waals surface area contributed by atoms with Crippen LogP contribution < -0.4 is 10.2 Å². The van der Waals surface area contributed by atoms with Gasteiger partial charge < -0.3 is 15.0 Å². The van der Waals surface area contributed by atoms with Crippen LogP contribution in [-0.4, -0.2) is 37.0 Å². The van der Waals surface area contributed by atoms with Gasteiger partial charge in [0.25, 0.3) is 11.8 Å². The van der Waals surface area contributed by atoms with Gasteiger partial charge in [-0.2, -0.15) is 0 Å². The Balaban J connectivity index is 1.45. The lowest BCUT2D eigenvalue weighted by Crippen LogP contribution is -2.39. The summed E-state index contributed by atoms with van der Waals surface area (Å²) in [6.45, 7) is 2.26. The number of hydrogen-bond donors (Lipinski definition) is 1. The minimum Gasteiger partial charge on any atom is -0.452 e. The number of ether oxygens (including phenoxy) is 1. The zero-order valence-electron chi connectivity index (χ0n) is 15.5. The molecule has 0 fully saturated rings. The summed E-state index contributed by atoms with van der Waals surface area (Å²) in [5, 5.41) is 3.18. The van der Waals surface area contributed by atoms with Crippen LogP contribution in [0.15, 0.2) is 48.5 Å². The number of anilines is 1. The fourth-order valence-electron chi connectivity index (χ4n) is 3.07. The molecule has 2 aromatic rings. The molecule has 0 radical (unpaired) electrons. The number of fused-ring (bicyclic) bond motifs is 1. The minimum absolute atomic E-state index is 0.0203. The molecule has 0 aliphatic carbocycles. The summed E-state index contributed by atoms with van der Waals surface area (Å²) in [6, 6.07) is 14.1. The zero-order valence-corrected chi connectivity index (χ0v) is 16.2. The summed E-state index contributed by atoms with van der Waals surface area (Å²) in [6.07, 6.45) is -0.113. The van der Waals surface area contributed by atoms with E-state index in [9.17, 15) is 14.4 Å². The maximum atomic E-state index is 12.6. The van der Waals surface area contributed by atoms with Gasteiger partial charge in [0.2, 0.25) is 0 Å². The second-order valence-electron chi connectivity index (χ2n) is 6.51. The van der Waals surface area contributed by atoms with Gasteiger partial charge in [-0.15, -0.1) is 0 Å². The van der Waals surface area contributed by atoms with Crippen molar-refractivity contribution in [3.63, 3.8) is 0 Å². The Morgan fingerprint density at radius 3 is 2.61 bits per heavy atom. The Hall–Kier alpha value is -2.86. The maximum absolute atomic E-state index is 12.6. The molecule has 0 unspecified atom stereocenters. The first-order valence-electron chi connectivity index (χ1n) is 9.08. The third-order valence-corrected chi connectivity index (χ3v) is 4.78. The summed E-state index contributed by atoms with van der Waals surface area (Å²) in [4.78, 5) is 38.3. The predicted molar refractivity (Wildman–Crippen MR) is 106 cm³/mol. The van der Waals surface area contributed by atoms with E-state index >= 15 is 0 Å². The van der Waals surface area contributed by atoms with Gasteiger partial charge in [-0.25, -0.2) is 0 Å². The number of esters is 1. The van der Waals surface area contributed by atoms with Crippen molar-refractivity contribution in [2.75, 3.05) is 18.0 Å². The van der Waals surface area contributed by atoms with Gasteiger partial charge in [0.15, 0.2) is 6.10 Å². The molecule has 0 saturated heterocycles. The number of carbonyl (C=O) groups excluding carboxylic acids is 3. The summed E-state index contributed by atoms with van der Waals surface area (Å²) in [5.41, 5.74) is 2.43. The van der Waals surface area contributed by atoms with Gasteiger partial charge >= 0.3 is 5.97 Å². The number of hydrogen-bond acceptors (Lipinski definition) is 4. The molecule has 1 heterocycles. The number of amides is 2. The van der Waals surface area contributed by atoms with Crippen molar-refractivity contribution in [1.29, 1.82) is 0 Å². The molecule has 1 aliphatic rings. The molecule has 0 aromatic heterocycles. The Bertz CT molecular complexity index is 882. The normalized spacial score (nSPS) is 13.6. The molecule has 2 aromatic carbocycles. The molecule has 1 aliphatic heterocycles. The Kier molecular flexibility index (Phi) is 6.31. The van der Waals surface area contributed by atoms with Gasteiger partial charge in [-0.3, -0.25) is 14.4 Å². The highest BCUT2D eigenvalue weighted by Gasteiger charge is 2.29. The molecular weight excluding hydrogens is 380 g/mol. The second kappa shape index (κ2) is 8.89. The Morgan fingerprint density at radius 2 is 1.86 bits per heavy atom. The molecule has 146 valence electrons. The zero-order chi connectivity index (χ0) is 20.1. The van der Waals surface area contributed by atoms with E-state index in [-0.39, 0.29) is 24.8 Å². The molecule has 1 N–H and O–H groups in total. The topological polar surface area (TPSA) is 75.7 Å². The number of nitrogens with zero attached hydrogens (tertiary/aromatic N) is 1. The van der Waals surface area contributed by atoms with Crippen LogP contribution in [0.5, 0.6) is 0 Å². The van der Waals surface area contributed by atoms with E-state index in [1.807, 2.05) is 24.3 Å². The smallest absolute Gasteiger partial charge is 0.308 e. The molecular formula is C21H21ClN2O4. The number of nitrogens with one attached hydrogen (secondary N) is 1. The van der Waals surface area contributed by atoms with Gasteiger partial charge in [-0.05, 0) is 49.2 Å². The van der Waals surface area contributed by atoms with Crippen LogP contribution in [0.1, 0.15) is 29.3 Å². The summed E-state index contributed by atoms with van der Waals surface area (Å²) in [5.74, 6) is -1.09. The summed E-state index contributed by atoms with van der Waals surface area (Å²) < 4.78 is 5.24. The van der Waals surface area contributed by atoms with Crippen molar-refractivity contribution in [3.8, 4) is 0 Å². The Morgan fingerprint density at radius 1 is 1.14 bits per heavy atom. The molecule has 2 amide bonds. The molecule has 7 heteroatoms. The molecule has 6 nitrogen and oxygen atoms in total. The monoisotopic (exact) mass is 400 g/mol. The van der Waals surface area contributed by atoms with Gasteiger partial charge in [0.1, 0.15) is 0 Å². The number of benzene rings is 2. The van der Waals surface area contributed by atoms with Gasteiger partial charge in [0, 0.05) is 29.4 Å². The van der Waals surface area contributed by atoms with E-state index in [2.05, 4.69) is 5.32 Å². The Labute approximate surface area is 168 Å². The van der Waals surface area contributed by atoms with Crippen molar-refractivity contribution in [2.24, 2.45) is 0 Å². The lowest BCUT2D eigenvalue weighted by molar-refractivity contribution is -0.153. The highest BCUT2D eigenvalue weighted by Crippen LogP contribution is 2.28. The lowest BCUT2D eigenvalue weighted by Gasteiger charge is -2.21. The molecule has 28 heavy (non-hydrogen) atoms. The van der Waals surface area contributed by atoms with Crippen molar-refractivity contribution in [2.45, 2.75) is 25.9 Å². The van der Waals surface area contributed by atoms with E-state index in [1.165, 1.54) is 0 Å². The molecule has 0 bridgehead atoms. The average Bonchev–Trinajstić information content (AvgIpc) is 3.11. The molecule has 3 rings (SSSR count). The van der Waals surface area contributed by atoms with Crippen LogP contribution in [0.3, 0.4) is 0 Å². The number of para-hydroxylation sites is 1. The van der Waals surface area contributed by atoms with E-state index in [0.717, 1.165) is 17.7 Å². The van der Waals surface area contributed by atoms with Crippen molar-refractivity contribution >= 4 is 35.1 Å². The van der Waals surface area contributed by atoms with Crippen molar-refractivity contribution in [3.05, 3.63) is 64.7 Å². The summed E-state index contributed by atoms with van der Waals surface area (Å²) in [7, 11) is 0.